The van der Waals surface area contributed by atoms with E-state index in [1.165, 1.54) is 0 Å². The van der Waals surface area contributed by atoms with Gasteiger partial charge in [-0.05, 0) is 18.6 Å². The molecule has 3 N–H and O–H groups in total. The molecule has 1 unspecified atom stereocenters. The van der Waals surface area contributed by atoms with Gasteiger partial charge in [-0.25, -0.2) is 4.98 Å². The number of aromatic nitrogens is 2. The molecule has 0 bridgehead atoms. The molecular formula is C11H14N4. The molecule has 78 valence electrons. The van der Waals surface area contributed by atoms with Crippen LogP contribution in [0.1, 0.15) is 6.42 Å². The molecule has 1 saturated heterocycles. The second kappa shape index (κ2) is 3.24. The van der Waals surface area contributed by atoms with Gasteiger partial charge in [-0.1, -0.05) is 12.1 Å². The SMILES string of the molecule is NC1CCN(c2nc3ccccc3[nH]2)C1. The van der Waals surface area contributed by atoms with E-state index in [2.05, 4.69) is 14.9 Å². The molecular weight excluding hydrogens is 188 g/mol. The Morgan fingerprint density at radius 2 is 2.27 bits per heavy atom. The van der Waals surface area contributed by atoms with Crippen molar-refractivity contribution in [1.82, 2.24) is 9.97 Å². The van der Waals surface area contributed by atoms with E-state index in [1.807, 2.05) is 24.3 Å². The Hall–Kier alpha value is -1.55. The Morgan fingerprint density at radius 3 is 3.00 bits per heavy atom. The molecule has 1 aliphatic rings. The summed E-state index contributed by atoms with van der Waals surface area (Å²) in [6.45, 7) is 1.90. The molecule has 0 saturated carbocycles. The number of nitrogens with one attached hydrogen (secondary N) is 1. The van der Waals surface area contributed by atoms with Crippen molar-refractivity contribution < 1.29 is 0 Å². The Labute approximate surface area is 88.1 Å². The number of hydrogen-bond donors (Lipinski definition) is 2. The number of benzene rings is 1. The molecule has 1 atom stereocenters. The normalized spacial score (nSPS) is 21.4. The van der Waals surface area contributed by atoms with Crippen LogP contribution < -0.4 is 10.6 Å². The zero-order valence-corrected chi connectivity index (χ0v) is 8.48. The van der Waals surface area contributed by atoms with Gasteiger partial charge in [-0.3, -0.25) is 0 Å². The highest BCUT2D eigenvalue weighted by Gasteiger charge is 2.21. The summed E-state index contributed by atoms with van der Waals surface area (Å²) in [6.07, 6.45) is 1.05. The molecule has 1 aromatic heterocycles. The number of rotatable bonds is 1. The van der Waals surface area contributed by atoms with Crippen molar-refractivity contribution in [2.45, 2.75) is 12.5 Å². The van der Waals surface area contributed by atoms with Crippen LogP contribution in [-0.4, -0.2) is 29.1 Å². The first-order chi connectivity index (χ1) is 7.33. The monoisotopic (exact) mass is 202 g/mol. The highest BCUT2D eigenvalue weighted by molar-refractivity contribution is 5.77. The van der Waals surface area contributed by atoms with Crippen LogP contribution in [0.3, 0.4) is 0 Å². The van der Waals surface area contributed by atoms with Crippen molar-refractivity contribution in [2.24, 2.45) is 5.73 Å². The van der Waals surface area contributed by atoms with E-state index in [9.17, 15) is 0 Å². The Bertz CT molecular complexity index is 443. The number of nitrogens with two attached hydrogens (primary N) is 1. The number of aromatic amines is 1. The van der Waals surface area contributed by atoms with Gasteiger partial charge >= 0.3 is 0 Å². The number of fused-ring (bicyclic) bond motifs is 1. The van der Waals surface area contributed by atoms with Gasteiger partial charge < -0.3 is 15.6 Å². The fourth-order valence-electron chi connectivity index (χ4n) is 2.07. The molecule has 4 heteroatoms. The van der Waals surface area contributed by atoms with Crippen molar-refractivity contribution in [3.8, 4) is 0 Å². The second-order valence-corrected chi connectivity index (χ2v) is 4.07. The minimum Gasteiger partial charge on any atom is -0.341 e. The molecule has 0 spiro atoms. The fraction of sp³-hybridized carbons (Fsp3) is 0.364. The number of H-pyrrole nitrogens is 1. The van der Waals surface area contributed by atoms with E-state index in [0.717, 1.165) is 36.5 Å². The molecule has 2 aromatic rings. The Kier molecular flexibility index (Phi) is 1.89. The lowest BCUT2D eigenvalue weighted by Gasteiger charge is -2.13. The predicted octanol–water partition coefficient (Wildman–Crippen LogP) is 1.10. The number of para-hydroxylation sites is 2. The van der Waals surface area contributed by atoms with Gasteiger partial charge in [-0.2, -0.15) is 0 Å². The lowest BCUT2D eigenvalue weighted by molar-refractivity contribution is 0.751. The number of hydrogen-bond acceptors (Lipinski definition) is 3. The van der Waals surface area contributed by atoms with Crippen LogP contribution in [-0.2, 0) is 0 Å². The van der Waals surface area contributed by atoms with Crippen molar-refractivity contribution in [3.05, 3.63) is 24.3 Å². The zero-order chi connectivity index (χ0) is 10.3. The second-order valence-electron chi connectivity index (χ2n) is 4.07. The maximum Gasteiger partial charge on any atom is 0.203 e. The van der Waals surface area contributed by atoms with Crippen molar-refractivity contribution in [3.63, 3.8) is 0 Å². The van der Waals surface area contributed by atoms with E-state index in [-0.39, 0.29) is 0 Å². The minimum atomic E-state index is 0.290. The molecule has 2 heterocycles. The number of nitrogens with zero attached hydrogens (tertiary/aromatic N) is 2. The van der Waals surface area contributed by atoms with Crippen LogP contribution in [0.15, 0.2) is 24.3 Å². The standard InChI is InChI=1S/C11H14N4/c12-8-5-6-15(7-8)11-13-9-3-1-2-4-10(9)14-11/h1-4,8H,5-7,12H2,(H,13,14). The van der Waals surface area contributed by atoms with E-state index in [1.54, 1.807) is 0 Å². The molecule has 15 heavy (non-hydrogen) atoms. The topological polar surface area (TPSA) is 57.9 Å². The molecule has 0 radical (unpaired) electrons. The van der Waals surface area contributed by atoms with E-state index >= 15 is 0 Å². The minimum absolute atomic E-state index is 0.290. The van der Waals surface area contributed by atoms with Crippen LogP contribution in [0.2, 0.25) is 0 Å². The first-order valence-corrected chi connectivity index (χ1v) is 5.28. The highest BCUT2D eigenvalue weighted by Crippen LogP contribution is 2.20. The van der Waals surface area contributed by atoms with Gasteiger partial charge in [0.25, 0.3) is 0 Å². The third kappa shape index (κ3) is 1.47. The molecule has 0 aliphatic carbocycles. The van der Waals surface area contributed by atoms with Gasteiger partial charge in [0.15, 0.2) is 0 Å². The number of anilines is 1. The lowest BCUT2D eigenvalue weighted by atomic mass is 10.3. The lowest BCUT2D eigenvalue weighted by Crippen LogP contribution is -2.26. The van der Waals surface area contributed by atoms with E-state index in [4.69, 9.17) is 5.73 Å². The van der Waals surface area contributed by atoms with Gasteiger partial charge in [0.2, 0.25) is 5.95 Å². The third-order valence-corrected chi connectivity index (χ3v) is 2.90. The smallest absolute Gasteiger partial charge is 0.203 e. The summed E-state index contributed by atoms with van der Waals surface area (Å²) in [5.74, 6) is 0.948. The summed E-state index contributed by atoms with van der Waals surface area (Å²) in [5, 5.41) is 0. The van der Waals surface area contributed by atoms with Crippen LogP contribution >= 0.6 is 0 Å². The van der Waals surface area contributed by atoms with E-state index in [0.29, 0.717) is 6.04 Å². The Morgan fingerprint density at radius 1 is 1.40 bits per heavy atom. The van der Waals surface area contributed by atoms with Crippen molar-refractivity contribution >= 4 is 17.0 Å². The average molecular weight is 202 g/mol. The van der Waals surface area contributed by atoms with Crippen molar-refractivity contribution in [2.75, 3.05) is 18.0 Å². The average Bonchev–Trinajstić information content (AvgIpc) is 2.82. The summed E-state index contributed by atoms with van der Waals surface area (Å²) in [5.41, 5.74) is 7.99. The van der Waals surface area contributed by atoms with Crippen LogP contribution in [0.4, 0.5) is 5.95 Å². The molecule has 3 rings (SSSR count). The van der Waals surface area contributed by atoms with Crippen LogP contribution in [0.25, 0.3) is 11.0 Å². The van der Waals surface area contributed by atoms with Gasteiger partial charge in [-0.15, -0.1) is 0 Å². The summed E-state index contributed by atoms with van der Waals surface area (Å²) in [6, 6.07) is 8.37. The zero-order valence-electron chi connectivity index (χ0n) is 8.48. The summed E-state index contributed by atoms with van der Waals surface area (Å²) in [4.78, 5) is 10.1. The molecule has 1 fully saturated rings. The first-order valence-electron chi connectivity index (χ1n) is 5.28. The number of imidazole rings is 1. The van der Waals surface area contributed by atoms with Gasteiger partial charge in [0.05, 0.1) is 11.0 Å². The molecule has 4 nitrogen and oxygen atoms in total. The fourth-order valence-corrected chi connectivity index (χ4v) is 2.07. The Balaban J connectivity index is 1.98. The van der Waals surface area contributed by atoms with Crippen LogP contribution in [0.5, 0.6) is 0 Å². The van der Waals surface area contributed by atoms with E-state index < -0.39 is 0 Å². The maximum atomic E-state index is 5.87. The molecule has 1 aromatic carbocycles. The molecule has 0 amide bonds. The first kappa shape index (κ1) is 8.73. The highest BCUT2D eigenvalue weighted by atomic mass is 15.3. The summed E-state index contributed by atoms with van der Waals surface area (Å²) in [7, 11) is 0. The summed E-state index contributed by atoms with van der Waals surface area (Å²) >= 11 is 0. The predicted molar refractivity (Wildman–Crippen MR) is 60.9 cm³/mol. The van der Waals surface area contributed by atoms with Crippen LogP contribution in [0, 0.1) is 0 Å². The maximum absolute atomic E-state index is 5.87. The largest absolute Gasteiger partial charge is 0.341 e. The van der Waals surface area contributed by atoms with Gasteiger partial charge in [0.1, 0.15) is 0 Å². The summed E-state index contributed by atoms with van der Waals surface area (Å²) < 4.78 is 0. The molecule has 1 aliphatic heterocycles. The quantitative estimate of drug-likeness (QED) is 0.728. The van der Waals surface area contributed by atoms with Crippen molar-refractivity contribution in [1.29, 1.82) is 0 Å². The van der Waals surface area contributed by atoms with Gasteiger partial charge in [0, 0.05) is 19.1 Å². The third-order valence-electron chi connectivity index (χ3n) is 2.90.